The fraction of sp³-hybridized carbons (Fsp3) is 0.250. The summed E-state index contributed by atoms with van der Waals surface area (Å²) in [5.74, 6) is -0.779. The number of rotatable bonds is 6. The molecule has 0 saturated carbocycles. The summed E-state index contributed by atoms with van der Waals surface area (Å²) < 4.78 is 12.8. The van der Waals surface area contributed by atoms with Crippen molar-refractivity contribution >= 4 is 38.4 Å². The highest BCUT2D eigenvalue weighted by molar-refractivity contribution is 9.10. The summed E-state index contributed by atoms with van der Waals surface area (Å²) in [6.45, 7) is 1.45. The zero-order valence-corrected chi connectivity index (χ0v) is 18.1. The predicted octanol–water partition coefficient (Wildman–Crippen LogP) is 4.06. The number of nitrogens with zero attached hydrogens (tertiary/aromatic N) is 5. The van der Waals surface area contributed by atoms with Gasteiger partial charge in [0.1, 0.15) is 11.6 Å². The largest absolute Gasteiger partial charge is 0.493 e. The van der Waals surface area contributed by atoms with E-state index in [-0.39, 0.29) is 29.6 Å². The molecule has 0 aliphatic carbocycles. The number of azo groups is 1. The Hall–Kier alpha value is -3.29. The summed E-state index contributed by atoms with van der Waals surface area (Å²) >= 11 is 3.39. The van der Waals surface area contributed by atoms with Crippen LogP contribution in [-0.2, 0) is 23.2 Å². The molecule has 3 rings (SSSR count). The molecule has 2 aromatic heterocycles. The van der Waals surface area contributed by atoms with Gasteiger partial charge in [-0.15, -0.1) is 10.2 Å². The summed E-state index contributed by atoms with van der Waals surface area (Å²) in [6.07, 6.45) is 0. The molecule has 0 spiro atoms. The standard InChI is InChI=1S/C20H18BrN5O4/c1-11-17(21)14(9-29-3)13(8-22)19(23-11)30-10-16(27)24-25-18-12-6-4-5-7-15(12)26(2)20(18)28/h4-7,28H,9-10H2,1-3H3. The van der Waals surface area contributed by atoms with Crippen LogP contribution in [0.1, 0.15) is 16.8 Å². The van der Waals surface area contributed by atoms with Crippen LogP contribution in [0.15, 0.2) is 39.0 Å². The second-order valence-electron chi connectivity index (χ2n) is 6.35. The summed E-state index contributed by atoms with van der Waals surface area (Å²) in [5.41, 5.74) is 2.29. The highest BCUT2D eigenvalue weighted by atomic mass is 79.9. The SMILES string of the molecule is COCc1c(Br)c(C)nc(OCC(=O)N=Nc2c(O)n(C)c3ccccc23)c1C#N. The Morgan fingerprint density at radius 3 is 2.83 bits per heavy atom. The first-order valence-electron chi connectivity index (χ1n) is 8.80. The highest BCUT2D eigenvalue weighted by Crippen LogP contribution is 2.37. The average molecular weight is 472 g/mol. The van der Waals surface area contributed by atoms with E-state index in [4.69, 9.17) is 9.47 Å². The molecular formula is C20H18BrN5O4. The number of carbonyl (C=O) groups is 1. The maximum absolute atomic E-state index is 12.2. The number of hydrogen-bond donors (Lipinski definition) is 1. The number of aromatic nitrogens is 2. The minimum atomic E-state index is -0.693. The molecule has 0 bridgehead atoms. The first kappa shape index (κ1) is 21.4. The molecule has 0 unspecified atom stereocenters. The van der Waals surface area contributed by atoms with E-state index < -0.39 is 12.5 Å². The molecule has 2 heterocycles. The van der Waals surface area contributed by atoms with E-state index in [0.717, 1.165) is 5.52 Å². The Morgan fingerprint density at radius 1 is 1.40 bits per heavy atom. The predicted molar refractivity (Wildman–Crippen MR) is 112 cm³/mol. The van der Waals surface area contributed by atoms with Crippen LogP contribution in [0.4, 0.5) is 5.69 Å². The molecule has 1 N–H and O–H groups in total. The zero-order valence-electron chi connectivity index (χ0n) is 16.5. The van der Waals surface area contributed by atoms with Crippen LogP contribution in [0.25, 0.3) is 10.9 Å². The molecule has 30 heavy (non-hydrogen) atoms. The third kappa shape index (κ3) is 4.03. The van der Waals surface area contributed by atoms with E-state index in [9.17, 15) is 15.2 Å². The van der Waals surface area contributed by atoms with Crippen molar-refractivity contribution in [1.82, 2.24) is 9.55 Å². The van der Waals surface area contributed by atoms with E-state index in [1.54, 1.807) is 30.7 Å². The summed E-state index contributed by atoms with van der Waals surface area (Å²) in [6, 6.07) is 9.26. The molecule has 0 aliphatic heterocycles. The van der Waals surface area contributed by atoms with Gasteiger partial charge in [-0.05, 0) is 28.9 Å². The molecular weight excluding hydrogens is 454 g/mol. The van der Waals surface area contributed by atoms with Crippen LogP contribution < -0.4 is 4.74 Å². The number of amides is 1. The number of ether oxygens (including phenoxy) is 2. The minimum Gasteiger partial charge on any atom is -0.493 e. The number of aromatic hydroxyl groups is 1. The van der Waals surface area contributed by atoms with Crippen molar-refractivity contribution in [3.63, 3.8) is 0 Å². The molecule has 0 fully saturated rings. The van der Waals surface area contributed by atoms with Gasteiger partial charge in [-0.25, -0.2) is 4.98 Å². The molecule has 1 amide bonds. The lowest BCUT2D eigenvalue weighted by Gasteiger charge is -2.12. The molecule has 1 aromatic carbocycles. The highest BCUT2D eigenvalue weighted by Gasteiger charge is 2.19. The third-order valence-electron chi connectivity index (χ3n) is 4.41. The Labute approximate surface area is 180 Å². The van der Waals surface area contributed by atoms with Gasteiger partial charge in [0, 0.05) is 29.6 Å². The number of benzene rings is 1. The van der Waals surface area contributed by atoms with Gasteiger partial charge in [-0.2, -0.15) is 5.26 Å². The first-order valence-corrected chi connectivity index (χ1v) is 9.60. The average Bonchev–Trinajstić information content (AvgIpc) is 2.99. The minimum absolute atomic E-state index is 0.0156. The van der Waals surface area contributed by atoms with E-state index in [0.29, 0.717) is 21.1 Å². The Balaban J connectivity index is 1.81. The Bertz CT molecular complexity index is 1200. The van der Waals surface area contributed by atoms with E-state index in [1.165, 1.54) is 7.11 Å². The van der Waals surface area contributed by atoms with Gasteiger partial charge >= 0.3 is 5.91 Å². The maximum atomic E-state index is 12.2. The van der Waals surface area contributed by atoms with Gasteiger partial charge < -0.3 is 19.1 Å². The molecule has 3 aromatic rings. The van der Waals surface area contributed by atoms with Crippen LogP contribution in [-0.4, -0.2) is 34.3 Å². The molecule has 0 radical (unpaired) electrons. The first-order chi connectivity index (χ1) is 14.4. The normalized spacial score (nSPS) is 11.2. The lowest BCUT2D eigenvalue weighted by Crippen LogP contribution is -2.12. The number of para-hydroxylation sites is 1. The fourth-order valence-corrected chi connectivity index (χ4v) is 3.34. The van der Waals surface area contributed by atoms with Crippen LogP contribution >= 0.6 is 15.9 Å². The second kappa shape index (κ2) is 9.02. The number of fused-ring (bicyclic) bond motifs is 1. The lowest BCUT2D eigenvalue weighted by molar-refractivity contribution is -0.120. The number of pyridine rings is 1. The number of carbonyl (C=O) groups excluding carboxylic acids is 1. The number of aryl methyl sites for hydroxylation is 2. The molecule has 0 aliphatic rings. The quantitative estimate of drug-likeness (QED) is 0.540. The van der Waals surface area contributed by atoms with Gasteiger partial charge in [0.05, 0.1) is 17.8 Å². The van der Waals surface area contributed by atoms with Gasteiger partial charge in [0.15, 0.2) is 12.3 Å². The third-order valence-corrected chi connectivity index (χ3v) is 5.46. The van der Waals surface area contributed by atoms with Crippen molar-refractivity contribution in [2.24, 2.45) is 17.3 Å². The summed E-state index contributed by atoms with van der Waals surface area (Å²) in [7, 11) is 3.20. The van der Waals surface area contributed by atoms with Crippen LogP contribution in [0, 0.1) is 18.3 Å². The summed E-state index contributed by atoms with van der Waals surface area (Å²) in [5, 5.41) is 27.9. The van der Waals surface area contributed by atoms with Gasteiger partial charge in [-0.3, -0.25) is 4.79 Å². The number of methoxy groups -OCH3 is 1. The smallest absolute Gasteiger partial charge is 0.302 e. The van der Waals surface area contributed by atoms with Crippen molar-refractivity contribution in [3.05, 3.63) is 45.6 Å². The molecule has 9 nitrogen and oxygen atoms in total. The van der Waals surface area contributed by atoms with Crippen LogP contribution in [0.5, 0.6) is 11.8 Å². The van der Waals surface area contributed by atoms with Crippen molar-refractivity contribution in [2.75, 3.05) is 13.7 Å². The van der Waals surface area contributed by atoms with E-state index in [2.05, 4.69) is 31.1 Å². The fourth-order valence-electron chi connectivity index (χ4n) is 2.94. The van der Waals surface area contributed by atoms with E-state index >= 15 is 0 Å². The van der Waals surface area contributed by atoms with E-state index in [1.807, 2.05) is 18.2 Å². The Kier molecular flexibility index (Phi) is 6.44. The zero-order chi connectivity index (χ0) is 21.8. The number of halogens is 1. The second-order valence-corrected chi connectivity index (χ2v) is 7.14. The topological polar surface area (TPSA) is 122 Å². The lowest BCUT2D eigenvalue weighted by atomic mass is 10.1. The molecule has 154 valence electrons. The van der Waals surface area contributed by atoms with Gasteiger partial charge in [-0.1, -0.05) is 18.2 Å². The Morgan fingerprint density at radius 2 is 2.13 bits per heavy atom. The summed E-state index contributed by atoms with van der Waals surface area (Å²) in [4.78, 5) is 16.4. The maximum Gasteiger partial charge on any atom is 0.302 e. The molecule has 0 atom stereocenters. The van der Waals surface area contributed by atoms with Gasteiger partial charge in [0.25, 0.3) is 0 Å². The van der Waals surface area contributed by atoms with Gasteiger partial charge in [0.2, 0.25) is 11.8 Å². The van der Waals surface area contributed by atoms with Crippen molar-refractivity contribution < 1.29 is 19.4 Å². The van der Waals surface area contributed by atoms with Crippen LogP contribution in [0.3, 0.4) is 0 Å². The molecule has 10 heteroatoms. The number of nitriles is 1. The van der Waals surface area contributed by atoms with Crippen LogP contribution in [0.2, 0.25) is 0 Å². The number of hydrogen-bond acceptors (Lipinski definition) is 7. The van der Waals surface area contributed by atoms with Crippen molar-refractivity contribution in [3.8, 4) is 17.8 Å². The monoisotopic (exact) mass is 471 g/mol. The van der Waals surface area contributed by atoms with Crippen molar-refractivity contribution in [1.29, 1.82) is 5.26 Å². The molecule has 0 saturated heterocycles. The van der Waals surface area contributed by atoms with Crippen molar-refractivity contribution in [2.45, 2.75) is 13.5 Å².